The molecule has 1 aromatic rings. The monoisotopic (exact) mass is 238 g/mol. The molecule has 0 bridgehead atoms. The molecule has 1 aliphatic heterocycles. The fourth-order valence-corrected chi connectivity index (χ4v) is 1.83. The van der Waals surface area contributed by atoms with Crippen molar-refractivity contribution in [1.29, 1.82) is 0 Å². The van der Waals surface area contributed by atoms with Crippen molar-refractivity contribution in [3.63, 3.8) is 0 Å². The Labute approximate surface area is 104 Å². The normalized spacial score (nSPS) is 20.4. The largest absolute Gasteiger partial charge is 0.301 e. The van der Waals surface area contributed by atoms with E-state index in [0.29, 0.717) is 11.2 Å². The van der Waals surface area contributed by atoms with Gasteiger partial charge in [0.05, 0.1) is 0 Å². The Morgan fingerprint density at radius 2 is 2.31 bits per heavy atom. The summed E-state index contributed by atoms with van der Waals surface area (Å²) in [5, 5.41) is 0.511. The number of hydrogen-bond donors (Lipinski definition) is 0. The summed E-state index contributed by atoms with van der Waals surface area (Å²) in [5.41, 5.74) is 0.884. The highest BCUT2D eigenvalue weighted by Gasteiger charge is 2.17. The minimum Gasteiger partial charge on any atom is -0.301 e. The molecule has 2 nitrogen and oxygen atoms in total. The molecule has 2 radical (unpaired) electrons. The van der Waals surface area contributed by atoms with Crippen LogP contribution >= 0.6 is 11.6 Å². The topological polar surface area (TPSA) is 16.1 Å². The van der Waals surface area contributed by atoms with Crippen molar-refractivity contribution in [2.45, 2.75) is 25.8 Å². The average Bonchev–Trinajstić information content (AvgIpc) is 2.69. The van der Waals surface area contributed by atoms with Gasteiger partial charge in [0.25, 0.3) is 0 Å². The van der Waals surface area contributed by atoms with E-state index in [1.807, 2.05) is 6.07 Å². The predicted octanol–water partition coefficient (Wildman–Crippen LogP) is 3.22. The van der Waals surface area contributed by atoms with Gasteiger partial charge in [0, 0.05) is 12.2 Å². The van der Waals surface area contributed by atoms with Crippen LogP contribution in [-0.2, 0) is 0 Å². The molecule has 1 atom stereocenters. The third kappa shape index (κ3) is 4.50. The molecular formula is C13H19ClN2. The number of rotatable bonds is 1. The lowest BCUT2D eigenvalue weighted by Crippen LogP contribution is -2.26. The van der Waals surface area contributed by atoms with Gasteiger partial charge in [-0.15, -0.1) is 0 Å². The summed E-state index contributed by atoms with van der Waals surface area (Å²) in [6.07, 6.45) is 4.28. The number of pyridine rings is 1. The van der Waals surface area contributed by atoms with Crippen LogP contribution in [0.15, 0.2) is 18.3 Å². The van der Waals surface area contributed by atoms with E-state index in [4.69, 9.17) is 11.6 Å². The van der Waals surface area contributed by atoms with E-state index in [1.54, 1.807) is 12.3 Å². The number of likely N-dealkylation sites (tertiary alicyclic amines) is 1. The van der Waals surface area contributed by atoms with Crippen LogP contribution in [0.5, 0.6) is 0 Å². The molecule has 0 aliphatic carbocycles. The average molecular weight is 239 g/mol. The van der Waals surface area contributed by atoms with Gasteiger partial charge in [0.1, 0.15) is 5.15 Å². The molecule has 2 rings (SSSR count). The predicted molar refractivity (Wildman–Crippen MR) is 69.3 cm³/mol. The van der Waals surface area contributed by atoms with Gasteiger partial charge in [0.15, 0.2) is 0 Å². The number of halogens is 1. The SMILES string of the molecule is [CH2]C1CCCN1CC.[CH2]c1ccc(Cl)nc1. The molecule has 2 heterocycles. The van der Waals surface area contributed by atoms with Crippen molar-refractivity contribution in [2.24, 2.45) is 0 Å². The van der Waals surface area contributed by atoms with Crippen LogP contribution in [0, 0.1) is 13.8 Å². The molecule has 0 aromatic carbocycles. The third-order valence-corrected chi connectivity index (χ3v) is 2.92. The van der Waals surface area contributed by atoms with Gasteiger partial charge < -0.3 is 4.90 Å². The maximum absolute atomic E-state index is 5.47. The lowest BCUT2D eigenvalue weighted by atomic mass is 10.2. The molecule has 3 heteroatoms. The molecule has 0 saturated carbocycles. The highest BCUT2D eigenvalue weighted by atomic mass is 35.5. The summed E-state index contributed by atoms with van der Waals surface area (Å²) >= 11 is 5.47. The number of nitrogens with zero attached hydrogens (tertiary/aromatic N) is 2. The summed E-state index contributed by atoms with van der Waals surface area (Å²) in [4.78, 5) is 6.20. The van der Waals surface area contributed by atoms with Crippen molar-refractivity contribution < 1.29 is 0 Å². The summed E-state index contributed by atoms with van der Waals surface area (Å²) in [6, 6.07) is 4.14. The van der Waals surface area contributed by atoms with Crippen LogP contribution in [0.3, 0.4) is 0 Å². The van der Waals surface area contributed by atoms with Crippen molar-refractivity contribution in [3.05, 3.63) is 42.9 Å². The maximum Gasteiger partial charge on any atom is 0.129 e. The quantitative estimate of drug-likeness (QED) is 0.699. The van der Waals surface area contributed by atoms with Crippen LogP contribution in [0.25, 0.3) is 0 Å². The number of hydrogen-bond acceptors (Lipinski definition) is 2. The van der Waals surface area contributed by atoms with E-state index in [2.05, 4.69) is 30.7 Å². The van der Waals surface area contributed by atoms with Crippen molar-refractivity contribution >= 4 is 11.6 Å². The standard InChI is InChI=1S/C7H14N.C6H5ClN/c1-3-8-6-4-5-7(8)2;1-5-2-3-6(7)8-4-5/h7H,2-6H2,1H3;2-4H,1H2. The Hall–Kier alpha value is -0.600. The molecule has 1 fully saturated rings. The second-order valence-electron chi connectivity index (χ2n) is 3.91. The Bertz CT molecular complexity index is 276. The van der Waals surface area contributed by atoms with E-state index in [1.165, 1.54) is 25.9 Å². The molecule has 1 unspecified atom stereocenters. The second-order valence-corrected chi connectivity index (χ2v) is 4.30. The van der Waals surface area contributed by atoms with Gasteiger partial charge in [-0.25, -0.2) is 4.98 Å². The van der Waals surface area contributed by atoms with Crippen LogP contribution in [0.2, 0.25) is 5.15 Å². The van der Waals surface area contributed by atoms with Crippen LogP contribution < -0.4 is 0 Å². The lowest BCUT2D eigenvalue weighted by Gasteiger charge is -2.17. The van der Waals surface area contributed by atoms with Gasteiger partial charge in [-0.1, -0.05) is 24.6 Å². The summed E-state index contributed by atoms with van der Waals surface area (Å²) in [5.74, 6) is 0. The van der Waals surface area contributed by atoms with Gasteiger partial charge in [-0.05, 0) is 51.4 Å². The Morgan fingerprint density at radius 1 is 1.56 bits per heavy atom. The number of aromatic nitrogens is 1. The molecule has 0 N–H and O–H groups in total. The molecule has 0 spiro atoms. The summed E-state index contributed by atoms with van der Waals surface area (Å²) in [7, 11) is 0. The first-order valence-electron chi connectivity index (χ1n) is 5.64. The molecule has 16 heavy (non-hydrogen) atoms. The zero-order chi connectivity index (χ0) is 12.0. The molecular weight excluding hydrogens is 220 g/mol. The molecule has 1 aliphatic rings. The Morgan fingerprint density at radius 3 is 2.62 bits per heavy atom. The minimum atomic E-state index is 0.511. The maximum atomic E-state index is 5.47. The highest BCUT2D eigenvalue weighted by molar-refractivity contribution is 6.29. The van der Waals surface area contributed by atoms with Crippen molar-refractivity contribution in [3.8, 4) is 0 Å². The fourth-order valence-electron chi connectivity index (χ4n) is 1.72. The molecule has 88 valence electrons. The Balaban J connectivity index is 0.000000160. The van der Waals surface area contributed by atoms with Crippen LogP contribution in [-0.4, -0.2) is 29.0 Å². The first kappa shape index (κ1) is 13.5. The molecule has 0 amide bonds. The first-order chi connectivity index (χ1) is 7.63. The summed E-state index contributed by atoms with van der Waals surface area (Å²) in [6.45, 7) is 12.3. The summed E-state index contributed by atoms with van der Waals surface area (Å²) < 4.78 is 0. The van der Waals surface area contributed by atoms with Gasteiger partial charge in [0.2, 0.25) is 0 Å². The highest BCUT2D eigenvalue weighted by Crippen LogP contribution is 2.14. The van der Waals surface area contributed by atoms with Crippen LogP contribution in [0.4, 0.5) is 0 Å². The van der Waals surface area contributed by atoms with Crippen LogP contribution in [0.1, 0.15) is 25.3 Å². The third-order valence-electron chi connectivity index (χ3n) is 2.69. The van der Waals surface area contributed by atoms with Gasteiger partial charge >= 0.3 is 0 Å². The van der Waals surface area contributed by atoms with Crippen molar-refractivity contribution in [2.75, 3.05) is 13.1 Å². The van der Waals surface area contributed by atoms with E-state index in [-0.39, 0.29) is 0 Å². The van der Waals surface area contributed by atoms with Gasteiger partial charge in [-0.3, -0.25) is 0 Å². The van der Waals surface area contributed by atoms with E-state index < -0.39 is 0 Å². The van der Waals surface area contributed by atoms with E-state index >= 15 is 0 Å². The zero-order valence-electron chi connectivity index (χ0n) is 9.82. The fraction of sp³-hybridized carbons (Fsp3) is 0.462. The molecule has 1 aromatic heterocycles. The van der Waals surface area contributed by atoms with E-state index in [9.17, 15) is 0 Å². The lowest BCUT2D eigenvalue weighted by molar-refractivity contribution is 0.304. The van der Waals surface area contributed by atoms with Crippen molar-refractivity contribution in [1.82, 2.24) is 9.88 Å². The Kier molecular flexibility index (Phi) is 5.78. The van der Waals surface area contributed by atoms with E-state index in [0.717, 1.165) is 5.56 Å². The second kappa shape index (κ2) is 6.87. The van der Waals surface area contributed by atoms with Gasteiger partial charge in [-0.2, -0.15) is 0 Å². The smallest absolute Gasteiger partial charge is 0.129 e. The minimum absolute atomic E-state index is 0.511. The first-order valence-corrected chi connectivity index (χ1v) is 6.02. The zero-order valence-corrected chi connectivity index (χ0v) is 10.6. The molecule has 1 saturated heterocycles.